The Kier molecular flexibility index (Phi) is 5.14. The Morgan fingerprint density at radius 3 is 3.00 bits per heavy atom. The standard InChI is InChI=1S/C10H21NOS/c1-3-10-7-11(4-5-13-10)6-9(2)8-12/h9-10,12H,3-8H2,1-2H3. The summed E-state index contributed by atoms with van der Waals surface area (Å²) in [5.41, 5.74) is 0. The highest BCUT2D eigenvalue weighted by molar-refractivity contribution is 8.00. The molecule has 1 N–H and O–H groups in total. The molecular formula is C10H21NOS. The first kappa shape index (κ1) is 11.3. The van der Waals surface area contributed by atoms with Gasteiger partial charge in [0.05, 0.1) is 0 Å². The number of aliphatic hydroxyl groups is 1. The van der Waals surface area contributed by atoms with Crippen LogP contribution in [-0.2, 0) is 0 Å². The van der Waals surface area contributed by atoms with Gasteiger partial charge < -0.3 is 10.0 Å². The number of aliphatic hydroxyl groups excluding tert-OH is 1. The molecule has 3 heteroatoms. The molecule has 0 aliphatic carbocycles. The quantitative estimate of drug-likeness (QED) is 0.748. The van der Waals surface area contributed by atoms with E-state index < -0.39 is 0 Å². The minimum Gasteiger partial charge on any atom is -0.396 e. The summed E-state index contributed by atoms with van der Waals surface area (Å²) in [5.74, 6) is 1.69. The summed E-state index contributed by atoms with van der Waals surface area (Å²) >= 11 is 2.10. The Morgan fingerprint density at radius 1 is 1.62 bits per heavy atom. The minimum atomic E-state index is 0.320. The SMILES string of the molecule is CCC1CN(CC(C)CO)CCS1. The molecule has 78 valence electrons. The average Bonchev–Trinajstić information content (AvgIpc) is 2.18. The molecule has 0 amide bonds. The van der Waals surface area contributed by atoms with Crippen LogP contribution in [-0.4, -0.2) is 47.3 Å². The second-order valence-corrected chi connectivity index (χ2v) is 5.36. The Morgan fingerprint density at radius 2 is 2.38 bits per heavy atom. The molecule has 0 radical (unpaired) electrons. The maximum Gasteiger partial charge on any atom is 0.0468 e. The molecule has 1 heterocycles. The van der Waals surface area contributed by atoms with E-state index in [1.165, 1.54) is 25.3 Å². The first-order valence-electron chi connectivity index (χ1n) is 5.21. The summed E-state index contributed by atoms with van der Waals surface area (Å²) < 4.78 is 0. The van der Waals surface area contributed by atoms with Crippen LogP contribution in [0.4, 0.5) is 0 Å². The van der Waals surface area contributed by atoms with E-state index in [0.717, 1.165) is 11.8 Å². The first-order chi connectivity index (χ1) is 6.26. The number of hydrogen-bond acceptors (Lipinski definition) is 3. The van der Waals surface area contributed by atoms with Crippen LogP contribution in [0.1, 0.15) is 20.3 Å². The van der Waals surface area contributed by atoms with Crippen molar-refractivity contribution in [3.8, 4) is 0 Å². The molecule has 0 saturated carbocycles. The van der Waals surface area contributed by atoms with Crippen molar-refractivity contribution in [3.05, 3.63) is 0 Å². The summed E-state index contributed by atoms with van der Waals surface area (Å²) in [5, 5.41) is 9.78. The second-order valence-electron chi connectivity index (χ2n) is 3.95. The van der Waals surface area contributed by atoms with E-state index in [2.05, 4.69) is 30.5 Å². The lowest BCUT2D eigenvalue weighted by atomic mass is 10.1. The third-order valence-electron chi connectivity index (χ3n) is 2.56. The highest BCUT2D eigenvalue weighted by Gasteiger charge is 2.19. The largest absolute Gasteiger partial charge is 0.396 e. The van der Waals surface area contributed by atoms with Gasteiger partial charge in [-0.3, -0.25) is 0 Å². The number of nitrogens with zero attached hydrogens (tertiary/aromatic N) is 1. The topological polar surface area (TPSA) is 23.5 Å². The normalized spacial score (nSPS) is 27.5. The molecule has 1 rings (SSSR count). The first-order valence-corrected chi connectivity index (χ1v) is 6.26. The lowest BCUT2D eigenvalue weighted by Crippen LogP contribution is -2.40. The summed E-state index contributed by atoms with van der Waals surface area (Å²) in [6, 6.07) is 0. The van der Waals surface area contributed by atoms with E-state index in [0.29, 0.717) is 12.5 Å². The summed E-state index contributed by atoms with van der Waals surface area (Å²) in [4.78, 5) is 2.49. The van der Waals surface area contributed by atoms with Crippen molar-refractivity contribution >= 4 is 11.8 Å². The van der Waals surface area contributed by atoms with Gasteiger partial charge in [-0.2, -0.15) is 11.8 Å². The van der Waals surface area contributed by atoms with Crippen LogP contribution in [0, 0.1) is 5.92 Å². The summed E-state index contributed by atoms with van der Waals surface area (Å²) in [7, 11) is 0. The van der Waals surface area contributed by atoms with Gasteiger partial charge in [-0.15, -0.1) is 0 Å². The minimum absolute atomic E-state index is 0.320. The van der Waals surface area contributed by atoms with Gasteiger partial charge in [-0.05, 0) is 12.3 Å². The summed E-state index contributed by atoms with van der Waals surface area (Å²) in [6.07, 6.45) is 1.27. The van der Waals surface area contributed by atoms with Gasteiger partial charge in [-0.25, -0.2) is 0 Å². The number of rotatable bonds is 4. The van der Waals surface area contributed by atoms with Gasteiger partial charge in [0, 0.05) is 37.2 Å². The molecule has 2 nitrogen and oxygen atoms in total. The van der Waals surface area contributed by atoms with E-state index >= 15 is 0 Å². The van der Waals surface area contributed by atoms with Crippen molar-refractivity contribution in [2.75, 3.05) is 32.0 Å². The van der Waals surface area contributed by atoms with Crippen LogP contribution >= 0.6 is 11.8 Å². The van der Waals surface area contributed by atoms with Crippen molar-refractivity contribution in [1.29, 1.82) is 0 Å². The van der Waals surface area contributed by atoms with Crippen LogP contribution in [0.5, 0.6) is 0 Å². The van der Waals surface area contributed by atoms with E-state index in [1.54, 1.807) is 0 Å². The molecule has 2 unspecified atom stereocenters. The Hall–Kier alpha value is 0.270. The van der Waals surface area contributed by atoms with E-state index in [9.17, 15) is 0 Å². The van der Waals surface area contributed by atoms with Crippen molar-refractivity contribution in [2.24, 2.45) is 5.92 Å². The van der Waals surface area contributed by atoms with Crippen LogP contribution in [0.15, 0.2) is 0 Å². The zero-order valence-electron chi connectivity index (χ0n) is 8.70. The maximum absolute atomic E-state index is 8.96. The molecular weight excluding hydrogens is 182 g/mol. The van der Waals surface area contributed by atoms with Crippen molar-refractivity contribution in [2.45, 2.75) is 25.5 Å². The van der Waals surface area contributed by atoms with E-state index in [1.807, 2.05) is 0 Å². The molecule has 0 bridgehead atoms. The van der Waals surface area contributed by atoms with Gasteiger partial charge in [-0.1, -0.05) is 13.8 Å². The predicted molar refractivity (Wildman–Crippen MR) is 59.2 cm³/mol. The highest BCUT2D eigenvalue weighted by atomic mass is 32.2. The molecule has 13 heavy (non-hydrogen) atoms. The fraction of sp³-hybridized carbons (Fsp3) is 1.00. The molecule has 1 fully saturated rings. The average molecular weight is 203 g/mol. The molecule has 1 aliphatic heterocycles. The van der Waals surface area contributed by atoms with Gasteiger partial charge >= 0.3 is 0 Å². The maximum atomic E-state index is 8.96. The van der Waals surface area contributed by atoms with Crippen molar-refractivity contribution in [3.63, 3.8) is 0 Å². The highest BCUT2D eigenvalue weighted by Crippen LogP contribution is 2.21. The van der Waals surface area contributed by atoms with Gasteiger partial charge in [0.25, 0.3) is 0 Å². The number of thioether (sulfide) groups is 1. The Bertz CT molecular complexity index is 141. The van der Waals surface area contributed by atoms with Gasteiger partial charge in [0.1, 0.15) is 0 Å². The molecule has 2 atom stereocenters. The Balaban J connectivity index is 2.25. The van der Waals surface area contributed by atoms with Crippen LogP contribution in [0.2, 0.25) is 0 Å². The molecule has 0 spiro atoms. The lowest BCUT2D eigenvalue weighted by molar-refractivity contribution is 0.175. The van der Waals surface area contributed by atoms with Crippen molar-refractivity contribution in [1.82, 2.24) is 4.90 Å². The van der Waals surface area contributed by atoms with Gasteiger partial charge in [0.2, 0.25) is 0 Å². The molecule has 1 saturated heterocycles. The van der Waals surface area contributed by atoms with Gasteiger partial charge in [0.15, 0.2) is 0 Å². The van der Waals surface area contributed by atoms with Crippen LogP contribution in [0.3, 0.4) is 0 Å². The van der Waals surface area contributed by atoms with Crippen molar-refractivity contribution < 1.29 is 5.11 Å². The lowest BCUT2D eigenvalue weighted by Gasteiger charge is -2.33. The second kappa shape index (κ2) is 5.89. The molecule has 0 aromatic carbocycles. The fourth-order valence-corrected chi connectivity index (χ4v) is 2.94. The monoisotopic (exact) mass is 203 g/mol. The third-order valence-corrected chi connectivity index (χ3v) is 3.93. The Labute approximate surface area is 85.7 Å². The predicted octanol–water partition coefficient (Wildman–Crippen LogP) is 1.44. The van der Waals surface area contributed by atoms with E-state index in [-0.39, 0.29) is 0 Å². The molecule has 1 aliphatic rings. The number of hydrogen-bond donors (Lipinski definition) is 1. The third kappa shape index (κ3) is 3.88. The van der Waals surface area contributed by atoms with Crippen LogP contribution < -0.4 is 0 Å². The van der Waals surface area contributed by atoms with E-state index in [4.69, 9.17) is 5.11 Å². The zero-order chi connectivity index (χ0) is 9.68. The molecule has 0 aromatic heterocycles. The molecule has 0 aromatic rings. The summed E-state index contributed by atoms with van der Waals surface area (Å²) in [6.45, 7) is 8.17. The smallest absolute Gasteiger partial charge is 0.0468 e. The van der Waals surface area contributed by atoms with Crippen LogP contribution in [0.25, 0.3) is 0 Å². The zero-order valence-corrected chi connectivity index (χ0v) is 9.52. The fourth-order valence-electron chi connectivity index (χ4n) is 1.69.